The molecule has 1 heterocycles. The van der Waals surface area contributed by atoms with Crippen molar-refractivity contribution >= 4 is 11.9 Å². The minimum atomic E-state index is 0.312. The van der Waals surface area contributed by atoms with Crippen molar-refractivity contribution in [1.82, 2.24) is 15.2 Å². The molecule has 0 fully saturated rings. The highest BCUT2D eigenvalue weighted by atomic mass is 16.5. The van der Waals surface area contributed by atoms with E-state index in [9.17, 15) is 0 Å². The van der Waals surface area contributed by atoms with Gasteiger partial charge in [-0.2, -0.15) is 4.98 Å². The maximum absolute atomic E-state index is 5.49. The predicted octanol–water partition coefficient (Wildman–Crippen LogP) is 1.03. The third-order valence-electron chi connectivity index (χ3n) is 2.43. The van der Waals surface area contributed by atoms with Crippen LogP contribution in [0.25, 0.3) is 0 Å². The second-order valence-corrected chi connectivity index (χ2v) is 3.69. The molecule has 2 rings (SSSR count). The fourth-order valence-corrected chi connectivity index (χ4v) is 1.60. The van der Waals surface area contributed by atoms with E-state index in [0.29, 0.717) is 18.4 Å². The predicted molar refractivity (Wildman–Crippen MR) is 65.9 cm³/mol. The second-order valence-electron chi connectivity index (χ2n) is 3.69. The van der Waals surface area contributed by atoms with Crippen LogP contribution in [0.2, 0.25) is 0 Å². The van der Waals surface area contributed by atoms with Gasteiger partial charge in [0.15, 0.2) is 0 Å². The number of nitrogen functional groups attached to an aromatic ring is 1. The van der Waals surface area contributed by atoms with Crippen molar-refractivity contribution in [3.05, 3.63) is 29.8 Å². The van der Waals surface area contributed by atoms with Gasteiger partial charge in [0.2, 0.25) is 11.9 Å². The lowest BCUT2D eigenvalue weighted by Crippen LogP contribution is -2.18. The molecule has 0 spiro atoms. The van der Waals surface area contributed by atoms with E-state index in [4.69, 9.17) is 10.5 Å². The van der Waals surface area contributed by atoms with Crippen LogP contribution < -0.4 is 15.4 Å². The number of para-hydroxylation sites is 1. The number of nitrogens with two attached hydrogens (primary N) is 1. The number of hydrogen-bond donors (Lipinski definition) is 2. The van der Waals surface area contributed by atoms with Crippen LogP contribution in [0.4, 0.5) is 11.9 Å². The number of nitrogens with zero attached hydrogens (tertiary/aromatic N) is 3. The zero-order chi connectivity index (χ0) is 12.3. The molecular weight excluding hydrogens is 218 g/mol. The molecule has 3 N–H and O–H groups in total. The van der Waals surface area contributed by atoms with Crippen LogP contribution in [0.15, 0.2) is 24.3 Å². The Kier molecular flexibility index (Phi) is 3.13. The van der Waals surface area contributed by atoms with Gasteiger partial charge in [0, 0.05) is 19.2 Å². The molecular formula is C11H15N5O. The van der Waals surface area contributed by atoms with E-state index >= 15 is 0 Å². The van der Waals surface area contributed by atoms with Crippen LogP contribution in [0.5, 0.6) is 5.75 Å². The minimum Gasteiger partial charge on any atom is -0.496 e. The number of nitrogens with one attached hydrogen (secondary N) is 1. The van der Waals surface area contributed by atoms with Gasteiger partial charge in [-0.1, -0.05) is 18.2 Å². The largest absolute Gasteiger partial charge is 0.496 e. The highest BCUT2D eigenvalue weighted by Crippen LogP contribution is 2.20. The fourth-order valence-electron chi connectivity index (χ4n) is 1.60. The van der Waals surface area contributed by atoms with Crippen LogP contribution in [0.1, 0.15) is 5.56 Å². The summed E-state index contributed by atoms with van der Waals surface area (Å²) < 4.78 is 5.29. The average molecular weight is 233 g/mol. The molecule has 2 aromatic rings. The molecule has 1 aromatic heterocycles. The van der Waals surface area contributed by atoms with Crippen LogP contribution in [0.3, 0.4) is 0 Å². The van der Waals surface area contributed by atoms with Crippen molar-refractivity contribution in [2.24, 2.45) is 0 Å². The van der Waals surface area contributed by atoms with Crippen LogP contribution >= 0.6 is 0 Å². The van der Waals surface area contributed by atoms with Gasteiger partial charge in [0.25, 0.3) is 0 Å². The number of ether oxygens (including phenoxy) is 1. The van der Waals surface area contributed by atoms with E-state index in [-0.39, 0.29) is 0 Å². The van der Waals surface area contributed by atoms with Crippen molar-refractivity contribution in [2.75, 3.05) is 24.8 Å². The Bertz CT molecular complexity index is 496. The number of hydrogen-bond acceptors (Lipinski definition) is 5. The van der Waals surface area contributed by atoms with Crippen molar-refractivity contribution < 1.29 is 4.74 Å². The lowest BCUT2D eigenvalue weighted by molar-refractivity contribution is 0.409. The summed E-state index contributed by atoms with van der Waals surface area (Å²) in [6.07, 6.45) is 0. The van der Waals surface area contributed by atoms with Crippen LogP contribution in [0, 0.1) is 0 Å². The smallest absolute Gasteiger partial charge is 0.246 e. The van der Waals surface area contributed by atoms with E-state index in [0.717, 1.165) is 11.3 Å². The van der Waals surface area contributed by atoms with Gasteiger partial charge in [-0.15, -0.1) is 5.10 Å². The lowest BCUT2D eigenvalue weighted by atomic mass is 10.2. The Hall–Kier alpha value is -2.24. The number of anilines is 2. The second kappa shape index (κ2) is 4.73. The van der Waals surface area contributed by atoms with Crippen molar-refractivity contribution in [2.45, 2.75) is 6.54 Å². The number of H-pyrrole nitrogens is 1. The van der Waals surface area contributed by atoms with E-state index in [2.05, 4.69) is 15.2 Å². The molecule has 0 unspecified atom stereocenters. The molecule has 0 aliphatic carbocycles. The summed E-state index contributed by atoms with van der Waals surface area (Å²) in [6, 6.07) is 7.84. The Morgan fingerprint density at radius 1 is 1.41 bits per heavy atom. The molecule has 1 aromatic carbocycles. The SMILES string of the molecule is COc1ccccc1CN(C)c1n[nH]c(N)n1. The molecule has 0 atom stereocenters. The average Bonchev–Trinajstić information content (AvgIpc) is 2.77. The molecule has 0 amide bonds. The first-order valence-corrected chi connectivity index (χ1v) is 5.21. The summed E-state index contributed by atoms with van der Waals surface area (Å²) in [7, 11) is 3.55. The maximum atomic E-state index is 5.49. The summed E-state index contributed by atoms with van der Waals surface area (Å²) in [5, 5.41) is 6.60. The van der Waals surface area contributed by atoms with Gasteiger partial charge in [-0.25, -0.2) is 5.10 Å². The summed E-state index contributed by atoms with van der Waals surface area (Å²) >= 11 is 0. The van der Waals surface area contributed by atoms with Crippen LogP contribution in [-0.2, 0) is 6.54 Å². The first-order valence-electron chi connectivity index (χ1n) is 5.21. The van der Waals surface area contributed by atoms with Crippen molar-refractivity contribution in [1.29, 1.82) is 0 Å². The lowest BCUT2D eigenvalue weighted by Gasteiger charge is -2.16. The molecule has 0 aliphatic rings. The zero-order valence-corrected chi connectivity index (χ0v) is 9.84. The number of methoxy groups -OCH3 is 1. The molecule has 6 nitrogen and oxygen atoms in total. The normalized spacial score (nSPS) is 10.2. The van der Waals surface area contributed by atoms with Crippen molar-refractivity contribution in [3.8, 4) is 5.75 Å². The Morgan fingerprint density at radius 3 is 2.82 bits per heavy atom. The summed E-state index contributed by atoms with van der Waals surface area (Å²) in [5.74, 6) is 1.73. The first kappa shape index (κ1) is 11.3. The Labute approximate surface area is 99.4 Å². The third kappa shape index (κ3) is 2.47. The Morgan fingerprint density at radius 2 is 2.18 bits per heavy atom. The van der Waals surface area contributed by atoms with Crippen LogP contribution in [-0.4, -0.2) is 29.3 Å². The van der Waals surface area contributed by atoms with Crippen molar-refractivity contribution in [3.63, 3.8) is 0 Å². The van der Waals surface area contributed by atoms with Gasteiger partial charge in [-0.05, 0) is 6.07 Å². The minimum absolute atomic E-state index is 0.312. The van der Waals surface area contributed by atoms with Gasteiger partial charge in [-0.3, -0.25) is 0 Å². The van der Waals surface area contributed by atoms with E-state index in [1.165, 1.54) is 0 Å². The van der Waals surface area contributed by atoms with Gasteiger partial charge in [0.05, 0.1) is 7.11 Å². The van der Waals surface area contributed by atoms with Gasteiger partial charge < -0.3 is 15.4 Å². The number of aromatic amines is 1. The number of rotatable bonds is 4. The molecule has 0 saturated carbocycles. The van der Waals surface area contributed by atoms with Gasteiger partial charge >= 0.3 is 0 Å². The first-order chi connectivity index (χ1) is 8.20. The molecule has 6 heteroatoms. The number of benzene rings is 1. The highest BCUT2D eigenvalue weighted by Gasteiger charge is 2.09. The molecule has 17 heavy (non-hydrogen) atoms. The summed E-state index contributed by atoms with van der Waals surface area (Å²) in [6.45, 7) is 0.654. The standard InChI is InChI=1S/C11H15N5O/c1-16(11-13-10(12)14-15-11)7-8-5-3-4-6-9(8)17-2/h3-6H,7H2,1-2H3,(H3,12,13,14,15). The fraction of sp³-hybridized carbons (Fsp3) is 0.273. The van der Waals surface area contributed by atoms with Gasteiger partial charge in [0.1, 0.15) is 5.75 Å². The summed E-state index contributed by atoms with van der Waals surface area (Å²) in [4.78, 5) is 5.95. The quantitative estimate of drug-likeness (QED) is 0.824. The third-order valence-corrected chi connectivity index (χ3v) is 2.43. The van der Waals surface area contributed by atoms with E-state index in [1.807, 2.05) is 36.2 Å². The van der Waals surface area contributed by atoms with E-state index in [1.54, 1.807) is 7.11 Å². The Balaban J connectivity index is 2.15. The molecule has 0 bridgehead atoms. The molecule has 90 valence electrons. The van der Waals surface area contributed by atoms with E-state index < -0.39 is 0 Å². The number of aromatic nitrogens is 3. The highest BCUT2D eigenvalue weighted by molar-refractivity contribution is 5.39. The summed E-state index contributed by atoms with van der Waals surface area (Å²) in [5.41, 5.74) is 6.56. The zero-order valence-electron chi connectivity index (χ0n) is 9.84. The molecule has 0 radical (unpaired) electrons. The maximum Gasteiger partial charge on any atom is 0.246 e. The monoisotopic (exact) mass is 233 g/mol. The molecule has 0 aliphatic heterocycles. The molecule has 0 saturated heterocycles. The topological polar surface area (TPSA) is 80.1 Å².